The third-order valence-electron chi connectivity index (χ3n) is 5.04. The van der Waals surface area contributed by atoms with Crippen LogP contribution in [0.25, 0.3) is 0 Å². The highest BCUT2D eigenvalue weighted by Gasteiger charge is 2.26. The predicted molar refractivity (Wildman–Crippen MR) is 108 cm³/mol. The summed E-state index contributed by atoms with van der Waals surface area (Å²) in [5, 5.41) is 5.77. The largest absolute Gasteiger partial charge is 0.497 e. The van der Waals surface area contributed by atoms with Gasteiger partial charge in [-0.3, -0.25) is 9.59 Å². The van der Waals surface area contributed by atoms with E-state index < -0.39 is 6.04 Å². The lowest BCUT2D eigenvalue weighted by Gasteiger charge is -2.23. The standard InChI is InChI=1S/C22H26N2O5/c1-4-14(2)20(24-21(25)16-6-8-17(27-3)9-7-16)22(26)23-12-15-5-10-18-19(11-15)29-13-28-18/h5-11,14,20H,4,12-13H2,1-3H3,(H,23,26)(H,24,25)/t14-,20-/m0/s1. The highest BCUT2D eigenvalue weighted by molar-refractivity contribution is 5.97. The van der Waals surface area contributed by atoms with Gasteiger partial charge in [0.2, 0.25) is 12.7 Å². The molecule has 2 aromatic carbocycles. The SMILES string of the molecule is CC[C@H](C)[C@H](NC(=O)c1ccc(OC)cc1)C(=O)NCc1ccc2c(c1)OCO2. The Morgan fingerprint density at radius 3 is 2.52 bits per heavy atom. The van der Waals surface area contributed by atoms with E-state index in [2.05, 4.69) is 10.6 Å². The molecule has 0 saturated carbocycles. The quantitative estimate of drug-likeness (QED) is 0.714. The summed E-state index contributed by atoms with van der Waals surface area (Å²) >= 11 is 0. The predicted octanol–water partition coefficient (Wildman–Crippen LogP) is 2.88. The molecule has 3 rings (SSSR count). The fourth-order valence-corrected chi connectivity index (χ4v) is 3.02. The van der Waals surface area contributed by atoms with Crippen LogP contribution in [-0.4, -0.2) is 31.8 Å². The van der Waals surface area contributed by atoms with Gasteiger partial charge in [0.1, 0.15) is 11.8 Å². The van der Waals surface area contributed by atoms with Crippen LogP contribution in [0.2, 0.25) is 0 Å². The average Bonchev–Trinajstić information content (AvgIpc) is 3.23. The first-order chi connectivity index (χ1) is 14.0. The van der Waals surface area contributed by atoms with Crippen LogP contribution in [0, 0.1) is 5.92 Å². The number of amides is 2. The van der Waals surface area contributed by atoms with Gasteiger partial charge in [-0.25, -0.2) is 0 Å². The van der Waals surface area contributed by atoms with E-state index in [0.717, 1.165) is 12.0 Å². The van der Waals surface area contributed by atoms with Crippen molar-refractivity contribution in [1.82, 2.24) is 10.6 Å². The zero-order valence-electron chi connectivity index (χ0n) is 16.9. The molecule has 29 heavy (non-hydrogen) atoms. The van der Waals surface area contributed by atoms with Gasteiger partial charge in [-0.15, -0.1) is 0 Å². The lowest BCUT2D eigenvalue weighted by Crippen LogP contribution is -2.50. The normalized spacial score (nSPS) is 14.0. The van der Waals surface area contributed by atoms with Crippen molar-refractivity contribution in [3.63, 3.8) is 0 Å². The third-order valence-corrected chi connectivity index (χ3v) is 5.04. The second kappa shape index (κ2) is 9.32. The van der Waals surface area contributed by atoms with Crippen molar-refractivity contribution in [2.45, 2.75) is 32.9 Å². The molecule has 0 fully saturated rings. The molecule has 0 aromatic heterocycles. The Hall–Kier alpha value is -3.22. The molecule has 1 aliphatic heterocycles. The van der Waals surface area contributed by atoms with Crippen LogP contribution >= 0.6 is 0 Å². The van der Waals surface area contributed by atoms with Crippen molar-refractivity contribution in [2.24, 2.45) is 5.92 Å². The van der Waals surface area contributed by atoms with Gasteiger partial charge < -0.3 is 24.8 Å². The van der Waals surface area contributed by atoms with Crippen molar-refractivity contribution >= 4 is 11.8 Å². The molecule has 2 aromatic rings. The second-order valence-corrected chi connectivity index (χ2v) is 6.97. The Bertz CT molecular complexity index is 866. The topological polar surface area (TPSA) is 85.9 Å². The molecule has 1 heterocycles. The summed E-state index contributed by atoms with van der Waals surface area (Å²) in [5.74, 6) is 1.50. The molecular weight excluding hydrogens is 372 g/mol. The van der Waals surface area contributed by atoms with Crippen molar-refractivity contribution in [3.8, 4) is 17.2 Å². The number of hydrogen-bond acceptors (Lipinski definition) is 5. The van der Waals surface area contributed by atoms with E-state index in [4.69, 9.17) is 14.2 Å². The molecule has 0 aliphatic carbocycles. The summed E-state index contributed by atoms with van der Waals surface area (Å²) in [6, 6.07) is 11.7. The average molecular weight is 398 g/mol. The zero-order valence-corrected chi connectivity index (χ0v) is 16.9. The summed E-state index contributed by atoms with van der Waals surface area (Å²) in [6.07, 6.45) is 0.755. The molecule has 0 spiro atoms. The van der Waals surface area contributed by atoms with E-state index in [-0.39, 0.29) is 24.5 Å². The molecule has 154 valence electrons. The molecule has 0 bridgehead atoms. The van der Waals surface area contributed by atoms with Crippen LogP contribution in [0.5, 0.6) is 17.2 Å². The van der Waals surface area contributed by atoms with Crippen LogP contribution in [0.15, 0.2) is 42.5 Å². The maximum atomic E-state index is 12.8. The van der Waals surface area contributed by atoms with Crippen LogP contribution in [0.4, 0.5) is 0 Å². The number of ether oxygens (including phenoxy) is 3. The molecule has 2 N–H and O–H groups in total. The first-order valence-electron chi connectivity index (χ1n) is 9.63. The zero-order chi connectivity index (χ0) is 20.8. The number of carbonyl (C=O) groups is 2. The molecule has 2 amide bonds. The van der Waals surface area contributed by atoms with Gasteiger partial charge in [-0.2, -0.15) is 0 Å². The smallest absolute Gasteiger partial charge is 0.251 e. The maximum Gasteiger partial charge on any atom is 0.251 e. The van der Waals surface area contributed by atoms with Crippen LogP contribution in [-0.2, 0) is 11.3 Å². The lowest BCUT2D eigenvalue weighted by molar-refractivity contribution is -0.124. The van der Waals surface area contributed by atoms with Gasteiger partial charge in [0.05, 0.1) is 7.11 Å². The summed E-state index contributed by atoms with van der Waals surface area (Å²) in [4.78, 5) is 25.4. The van der Waals surface area contributed by atoms with Crippen LogP contribution in [0.1, 0.15) is 36.2 Å². The Labute approximate surface area is 170 Å². The maximum absolute atomic E-state index is 12.8. The highest BCUT2D eigenvalue weighted by Crippen LogP contribution is 2.32. The Morgan fingerprint density at radius 2 is 1.83 bits per heavy atom. The Balaban J connectivity index is 1.63. The van der Waals surface area contributed by atoms with E-state index in [1.54, 1.807) is 31.4 Å². The van der Waals surface area contributed by atoms with Crippen molar-refractivity contribution in [2.75, 3.05) is 13.9 Å². The minimum atomic E-state index is -0.636. The second-order valence-electron chi connectivity index (χ2n) is 6.97. The van der Waals surface area contributed by atoms with Crippen molar-refractivity contribution in [3.05, 3.63) is 53.6 Å². The van der Waals surface area contributed by atoms with E-state index in [0.29, 0.717) is 29.4 Å². The molecule has 1 aliphatic rings. The molecule has 7 heteroatoms. The number of rotatable bonds is 8. The molecule has 7 nitrogen and oxygen atoms in total. The minimum absolute atomic E-state index is 0.0195. The van der Waals surface area contributed by atoms with Crippen LogP contribution in [0.3, 0.4) is 0 Å². The van der Waals surface area contributed by atoms with Crippen molar-refractivity contribution < 1.29 is 23.8 Å². The fraction of sp³-hybridized carbons (Fsp3) is 0.364. The van der Waals surface area contributed by atoms with E-state index >= 15 is 0 Å². The summed E-state index contributed by atoms with van der Waals surface area (Å²) in [7, 11) is 1.57. The molecule has 2 atom stereocenters. The lowest BCUT2D eigenvalue weighted by atomic mass is 9.97. The third kappa shape index (κ3) is 4.99. The van der Waals surface area contributed by atoms with Gasteiger partial charge in [0.25, 0.3) is 5.91 Å². The van der Waals surface area contributed by atoms with E-state index in [1.807, 2.05) is 32.0 Å². The highest BCUT2D eigenvalue weighted by atomic mass is 16.7. The molecule has 0 saturated heterocycles. The van der Waals surface area contributed by atoms with E-state index in [1.165, 1.54) is 0 Å². The van der Waals surface area contributed by atoms with Crippen molar-refractivity contribution in [1.29, 1.82) is 0 Å². The first-order valence-corrected chi connectivity index (χ1v) is 9.63. The van der Waals surface area contributed by atoms with Gasteiger partial charge in [0, 0.05) is 12.1 Å². The number of benzene rings is 2. The monoisotopic (exact) mass is 398 g/mol. The Morgan fingerprint density at radius 1 is 1.10 bits per heavy atom. The number of nitrogens with one attached hydrogen (secondary N) is 2. The number of methoxy groups -OCH3 is 1. The van der Waals surface area contributed by atoms with E-state index in [9.17, 15) is 9.59 Å². The first kappa shape index (κ1) is 20.5. The molecule has 0 radical (unpaired) electrons. The summed E-state index contributed by atoms with van der Waals surface area (Å²) in [5.41, 5.74) is 1.37. The van der Waals surface area contributed by atoms with Crippen LogP contribution < -0.4 is 24.8 Å². The van der Waals surface area contributed by atoms with Gasteiger partial charge in [-0.05, 0) is 47.9 Å². The number of carbonyl (C=O) groups excluding carboxylic acids is 2. The molecule has 0 unspecified atom stereocenters. The van der Waals surface area contributed by atoms with Gasteiger partial charge in [-0.1, -0.05) is 26.3 Å². The Kier molecular flexibility index (Phi) is 6.59. The number of fused-ring (bicyclic) bond motifs is 1. The fourth-order valence-electron chi connectivity index (χ4n) is 3.02. The number of hydrogen-bond donors (Lipinski definition) is 2. The summed E-state index contributed by atoms with van der Waals surface area (Å²) < 4.78 is 15.8. The van der Waals surface area contributed by atoms with Gasteiger partial charge in [0.15, 0.2) is 11.5 Å². The summed E-state index contributed by atoms with van der Waals surface area (Å²) in [6.45, 7) is 4.47. The molecular formula is C22H26N2O5. The minimum Gasteiger partial charge on any atom is -0.497 e. The van der Waals surface area contributed by atoms with Gasteiger partial charge >= 0.3 is 0 Å².